The Labute approximate surface area is 168 Å². The van der Waals surface area contributed by atoms with Crippen LogP contribution < -0.4 is 10.6 Å². The van der Waals surface area contributed by atoms with Gasteiger partial charge in [0.2, 0.25) is 0 Å². The Bertz CT molecular complexity index is 760. The zero-order chi connectivity index (χ0) is 19.8. The summed E-state index contributed by atoms with van der Waals surface area (Å²) in [6.07, 6.45) is 6.89. The Morgan fingerprint density at radius 1 is 1.11 bits per heavy atom. The molecule has 2 heterocycles. The fourth-order valence-corrected chi connectivity index (χ4v) is 3.63. The molecule has 1 aromatic heterocycles. The molecule has 0 fully saturated rings. The molecule has 0 saturated heterocycles. The SMILES string of the molecule is CN=C(NCCCc1ccc(C(C)C)cc1)NCc1nnc2n1CCCCC2. The first-order valence-corrected chi connectivity index (χ1v) is 10.6. The van der Waals surface area contributed by atoms with Crippen molar-refractivity contribution in [1.82, 2.24) is 25.4 Å². The summed E-state index contributed by atoms with van der Waals surface area (Å²) in [5.74, 6) is 3.54. The van der Waals surface area contributed by atoms with E-state index in [-0.39, 0.29) is 0 Å². The molecule has 1 aliphatic heterocycles. The summed E-state index contributed by atoms with van der Waals surface area (Å²) < 4.78 is 2.27. The topological polar surface area (TPSA) is 67.1 Å². The lowest BCUT2D eigenvalue weighted by Gasteiger charge is -2.13. The minimum absolute atomic E-state index is 0.588. The lowest BCUT2D eigenvalue weighted by atomic mass is 10.0. The average molecular weight is 383 g/mol. The minimum atomic E-state index is 0.588. The number of rotatable bonds is 7. The quantitative estimate of drug-likeness (QED) is 0.437. The van der Waals surface area contributed by atoms with Crippen LogP contribution in [0.15, 0.2) is 29.3 Å². The van der Waals surface area contributed by atoms with Gasteiger partial charge in [-0.15, -0.1) is 10.2 Å². The van der Waals surface area contributed by atoms with E-state index in [1.54, 1.807) is 0 Å². The van der Waals surface area contributed by atoms with E-state index in [9.17, 15) is 0 Å². The van der Waals surface area contributed by atoms with Crippen molar-refractivity contribution >= 4 is 5.96 Å². The third-order valence-corrected chi connectivity index (χ3v) is 5.40. The molecule has 0 unspecified atom stereocenters. The van der Waals surface area contributed by atoms with Gasteiger partial charge >= 0.3 is 0 Å². The molecular formula is C22H34N6. The maximum Gasteiger partial charge on any atom is 0.191 e. The lowest BCUT2D eigenvalue weighted by molar-refractivity contribution is 0.596. The predicted octanol–water partition coefficient (Wildman–Crippen LogP) is 3.43. The van der Waals surface area contributed by atoms with Gasteiger partial charge in [0.1, 0.15) is 5.82 Å². The second kappa shape index (κ2) is 10.2. The van der Waals surface area contributed by atoms with Crippen molar-refractivity contribution in [3.63, 3.8) is 0 Å². The van der Waals surface area contributed by atoms with Crippen molar-refractivity contribution in [1.29, 1.82) is 0 Å². The van der Waals surface area contributed by atoms with E-state index >= 15 is 0 Å². The predicted molar refractivity (Wildman–Crippen MR) is 115 cm³/mol. The first kappa shape index (κ1) is 20.4. The van der Waals surface area contributed by atoms with Gasteiger partial charge in [0.25, 0.3) is 0 Å². The van der Waals surface area contributed by atoms with Crippen LogP contribution >= 0.6 is 0 Å². The Hall–Kier alpha value is -2.37. The normalized spacial score (nSPS) is 14.6. The highest BCUT2D eigenvalue weighted by Crippen LogP contribution is 2.15. The highest BCUT2D eigenvalue weighted by Gasteiger charge is 2.14. The second-order valence-corrected chi connectivity index (χ2v) is 7.85. The Morgan fingerprint density at radius 3 is 2.68 bits per heavy atom. The molecule has 152 valence electrons. The highest BCUT2D eigenvalue weighted by atomic mass is 15.3. The van der Waals surface area contributed by atoms with Crippen LogP contribution in [0.1, 0.15) is 68.2 Å². The molecule has 0 atom stereocenters. The number of benzene rings is 1. The summed E-state index contributed by atoms with van der Waals surface area (Å²) >= 11 is 0. The zero-order valence-corrected chi connectivity index (χ0v) is 17.5. The van der Waals surface area contributed by atoms with Gasteiger partial charge in [0.05, 0.1) is 6.54 Å². The van der Waals surface area contributed by atoms with E-state index in [2.05, 4.69) is 68.5 Å². The summed E-state index contributed by atoms with van der Waals surface area (Å²) in [6.45, 7) is 7.04. The van der Waals surface area contributed by atoms with E-state index in [1.165, 1.54) is 30.4 Å². The van der Waals surface area contributed by atoms with Crippen LogP contribution in [0.25, 0.3) is 0 Å². The zero-order valence-electron chi connectivity index (χ0n) is 17.5. The molecule has 0 radical (unpaired) electrons. The van der Waals surface area contributed by atoms with E-state index < -0.39 is 0 Å². The van der Waals surface area contributed by atoms with E-state index in [4.69, 9.17) is 0 Å². The number of aliphatic imine (C=N–C) groups is 1. The van der Waals surface area contributed by atoms with Gasteiger partial charge in [-0.2, -0.15) is 0 Å². The van der Waals surface area contributed by atoms with Crippen LogP contribution in [0.5, 0.6) is 0 Å². The van der Waals surface area contributed by atoms with Crippen molar-refractivity contribution in [2.75, 3.05) is 13.6 Å². The molecule has 0 bridgehead atoms. The van der Waals surface area contributed by atoms with E-state index in [0.29, 0.717) is 12.5 Å². The number of hydrogen-bond acceptors (Lipinski definition) is 3. The summed E-state index contributed by atoms with van der Waals surface area (Å²) in [5.41, 5.74) is 2.79. The maximum atomic E-state index is 4.37. The van der Waals surface area contributed by atoms with Crippen molar-refractivity contribution in [3.8, 4) is 0 Å². The number of fused-ring (bicyclic) bond motifs is 1. The number of nitrogens with one attached hydrogen (secondary N) is 2. The van der Waals surface area contributed by atoms with E-state index in [1.807, 2.05) is 7.05 Å². The Kier molecular flexibility index (Phi) is 7.46. The first-order chi connectivity index (χ1) is 13.7. The third-order valence-electron chi connectivity index (χ3n) is 5.40. The van der Waals surface area contributed by atoms with Crippen LogP contribution in [0, 0.1) is 0 Å². The molecule has 0 spiro atoms. The molecule has 1 aromatic carbocycles. The fourth-order valence-electron chi connectivity index (χ4n) is 3.63. The number of aromatic nitrogens is 3. The molecular weight excluding hydrogens is 348 g/mol. The fraction of sp³-hybridized carbons (Fsp3) is 0.591. The summed E-state index contributed by atoms with van der Waals surface area (Å²) in [6, 6.07) is 8.99. The minimum Gasteiger partial charge on any atom is -0.356 e. The summed E-state index contributed by atoms with van der Waals surface area (Å²) in [4.78, 5) is 4.33. The molecule has 28 heavy (non-hydrogen) atoms. The van der Waals surface area contributed by atoms with Gasteiger partial charge in [0, 0.05) is 26.6 Å². The largest absolute Gasteiger partial charge is 0.356 e. The monoisotopic (exact) mass is 382 g/mol. The van der Waals surface area contributed by atoms with Crippen LogP contribution in [0.4, 0.5) is 0 Å². The van der Waals surface area contributed by atoms with Crippen LogP contribution in [-0.4, -0.2) is 34.3 Å². The highest BCUT2D eigenvalue weighted by molar-refractivity contribution is 5.79. The molecule has 3 rings (SSSR count). The second-order valence-electron chi connectivity index (χ2n) is 7.85. The Morgan fingerprint density at radius 2 is 1.93 bits per heavy atom. The van der Waals surface area contributed by atoms with Gasteiger partial charge in [-0.05, 0) is 42.7 Å². The molecule has 0 aliphatic carbocycles. The lowest BCUT2D eigenvalue weighted by Crippen LogP contribution is -2.38. The number of aryl methyl sites for hydroxylation is 2. The van der Waals surface area contributed by atoms with Gasteiger partial charge in [-0.1, -0.05) is 44.5 Å². The van der Waals surface area contributed by atoms with Crippen molar-refractivity contribution in [2.45, 2.75) is 71.4 Å². The van der Waals surface area contributed by atoms with Crippen molar-refractivity contribution in [2.24, 2.45) is 4.99 Å². The number of hydrogen-bond donors (Lipinski definition) is 2. The van der Waals surface area contributed by atoms with Crippen molar-refractivity contribution in [3.05, 3.63) is 47.0 Å². The average Bonchev–Trinajstić information content (AvgIpc) is 2.94. The van der Waals surface area contributed by atoms with Gasteiger partial charge in [-0.25, -0.2) is 0 Å². The Balaban J connectivity index is 1.41. The molecule has 6 nitrogen and oxygen atoms in total. The van der Waals surface area contributed by atoms with Gasteiger partial charge in [-0.3, -0.25) is 4.99 Å². The molecule has 0 amide bonds. The van der Waals surface area contributed by atoms with Crippen LogP contribution in [-0.2, 0) is 25.9 Å². The van der Waals surface area contributed by atoms with Crippen molar-refractivity contribution < 1.29 is 0 Å². The molecule has 1 aliphatic rings. The van der Waals surface area contributed by atoms with E-state index in [0.717, 1.165) is 50.0 Å². The third kappa shape index (κ3) is 5.57. The molecule has 2 N–H and O–H groups in total. The molecule has 2 aromatic rings. The summed E-state index contributed by atoms with van der Waals surface area (Å²) in [5, 5.41) is 15.5. The molecule has 0 saturated carbocycles. The van der Waals surface area contributed by atoms with Crippen LogP contribution in [0.3, 0.4) is 0 Å². The number of guanidine groups is 1. The van der Waals surface area contributed by atoms with Gasteiger partial charge in [0.15, 0.2) is 11.8 Å². The van der Waals surface area contributed by atoms with Gasteiger partial charge < -0.3 is 15.2 Å². The van der Waals surface area contributed by atoms with Crippen LogP contribution in [0.2, 0.25) is 0 Å². The standard InChI is InChI=1S/C22H34N6/c1-17(2)19-12-10-18(11-13-19)8-7-14-24-22(23-3)25-16-21-27-26-20-9-5-4-6-15-28(20)21/h10-13,17H,4-9,14-16H2,1-3H3,(H2,23,24,25). The first-order valence-electron chi connectivity index (χ1n) is 10.6. The smallest absolute Gasteiger partial charge is 0.191 e. The summed E-state index contributed by atoms with van der Waals surface area (Å²) in [7, 11) is 1.81. The maximum absolute atomic E-state index is 4.37. The number of nitrogens with zero attached hydrogens (tertiary/aromatic N) is 4. The molecule has 6 heteroatoms.